The quantitative estimate of drug-likeness (QED) is 0.368. The Kier molecular flexibility index (Phi) is 4.67. The average Bonchev–Trinajstić information content (AvgIpc) is 3.41. The predicted octanol–water partition coefficient (Wildman–Crippen LogP) is 6.23. The molecule has 0 bridgehead atoms. The van der Waals surface area contributed by atoms with Crippen LogP contribution in [0.3, 0.4) is 0 Å². The fourth-order valence-corrected chi connectivity index (χ4v) is 4.75. The third-order valence-electron chi connectivity index (χ3n) is 4.44. The van der Waals surface area contributed by atoms with Gasteiger partial charge in [0.15, 0.2) is 5.13 Å². The number of hydrogen-bond acceptors (Lipinski definition) is 7. The second kappa shape index (κ2) is 7.62. The highest BCUT2D eigenvalue weighted by Crippen LogP contribution is 2.33. The summed E-state index contributed by atoms with van der Waals surface area (Å²) in [4.78, 5) is 13.5. The predicted molar refractivity (Wildman–Crippen MR) is 120 cm³/mol. The normalized spacial score (nSPS) is 10.9. The Morgan fingerprint density at radius 3 is 2.69 bits per heavy atom. The van der Waals surface area contributed by atoms with Crippen LogP contribution in [0, 0.1) is 0 Å². The fraction of sp³-hybridized carbons (Fsp3) is 0.0455. The zero-order valence-corrected chi connectivity index (χ0v) is 17.1. The molecule has 0 spiro atoms. The molecule has 5 aromatic rings. The molecule has 7 heteroatoms. The SMILES string of the molecule is COc1ccc2nc(Nc3cccc(-c4csc(-c5ccncc5)n4)c3)sc2c1. The van der Waals surface area contributed by atoms with E-state index in [1.165, 1.54) is 0 Å². The maximum atomic E-state index is 5.30. The number of fused-ring (bicyclic) bond motifs is 1. The van der Waals surface area contributed by atoms with Gasteiger partial charge in [0.25, 0.3) is 0 Å². The minimum absolute atomic E-state index is 0.836. The zero-order chi connectivity index (χ0) is 19.6. The van der Waals surface area contributed by atoms with Gasteiger partial charge in [-0.05, 0) is 42.5 Å². The van der Waals surface area contributed by atoms with Crippen molar-refractivity contribution in [3.63, 3.8) is 0 Å². The number of rotatable bonds is 5. The molecule has 0 amide bonds. The fourth-order valence-electron chi connectivity index (χ4n) is 3.00. The number of nitrogens with one attached hydrogen (secondary N) is 1. The van der Waals surface area contributed by atoms with Gasteiger partial charge in [0.1, 0.15) is 10.8 Å². The Bertz CT molecular complexity index is 1280. The van der Waals surface area contributed by atoms with E-state index in [1.54, 1.807) is 42.2 Å². The Balaban J connectivity index is 1.41. The first-order valence-electron chi connectivity index (χ1n) is 8.96. The van der Waals surface area contributed by atoms with Crippen LogP contribution >= 0.6 is 22.7 Å². The monoisotopic (exact) mass is 416 g/mol. The highest BCUT2D eigenvalue weighted by molar-refractivity contribution is 7.22. The summed E-state index contributed by atoms with van der Waals surface area (Å²) in [6.45, 7) is 0. The summed E-state index contributed by atoms with van der Waals surface area (Å²) in [5.74, 6) is 0.836. The molecule has 29 heavy (non-hydrogen) atoms. The average molecular weight is 417 g/mol. The van der Waals surface area contributed by atoms with Crippen molar-refractivity contribution in [1.29, 1.82) is 0 Å². The van der Waals surface area contributed by atoms with Gasteiger partial charge in [-0.3, -0.25) is 4.98 Å². The second-order valence-corrected chi connectivity index (χ2v) is 8.22. The molecule has 3 heterocycles. The lowest BCUT2D eigenvalue weighted by Crippen LogP contribution is -1.89. The summed E-state index contributed by atoms with van der Waals surface area (Å²) in [6.07, 6.45) is 3.57. The minimum Gasteiger partial charge on any atom is -0.497 e. The summed E-state index contributed by atoms with van der Waals surface area (Å²) in [5.41, 5.74) is 5.03. The smallest absolute Gasteiger partial charge is 0.188 e. The van der Waals surface area contributed by atoms with Crippen LogP contribution in [0.2, 0.25) is 0 Å². The van der Waals surface area contributed by atoms with E-state index in [0.717, 1.165) is 48.6 Å². The molecule has 0 aliphatic heterocycles. The highest BCUT2D eigenvalue weighted by atomic mass is 32.1. The Morgan fingerprint density at radius 1 is 0.931 bits per heavy atom. The maximum Gasteiger partial charge on any atom is 0.188 e. The highest BCUT2D eigenvalue weighted by Gasteiger charge is 2.09. The van der Waals surface area contributed by atoms with Crippen LogP contribution in [0.15, 0.2) is 72.4 Å². The number of hydrogen-bond donors (Lipinski definition) is 1. The van der Waals surface area contributed by atoms with Gasteiger partial charge in [-0.1, -0.05) is 23.5 Å². The number of thiazole rings is 2. The van der Waals surface area contributed by atoms with Crippen molar-refractivity contribution in [3.05, 3.63) is 72.4 Å². The molecule has 0 aliphatic carbocycles. The van der Waals surface area contributed by atoms with E-state index in [4.69, 9.17) is 9.72 Å². The van der Waals surface area contributed by atoms with Gasteiger partial charge in [0, 0.05) is 34.6 Å². The largest absolute Gasteiger partial charge is 0.497 e. The second-order valence-electron chi connectivity index (χ2n) is 6.33. The Hall–Kier alpha value is -3.29. The topological polar surface area (TPSA) is 59.9 Å². The van der Waals surface area contributed by atoms with Crippen molar-refractivity contribution in [3.8, 4) is 27.6 Å². The lowest BCUT2D eigenvalue weighted by atomic mass is 10.1. The van der Waals surface area contributed by atoms with Crippen molar-refractivity contribution >= 4 is 43.7 Å². The number of benzene rings is 2. The van der Waals surface area contributed by atoms with E-state index in [2.05, 4.69) is 32.8 Å². The number of anilines is 2. The minimum atomic E-state index is 0.836. The summed E-state index contributed by atoms with van der Waals surface area (Å²) in [5, 5.41) is 7.33. The number of aromatic nitrogens is 3. The first-order valence-corrected chi connectivity index (χ1v) is 10.7. The standard InChI is InChI=1S/C22H16N4OS2/c1-27-17-5-6-18-20(12-17)29-22(26-18)24-16-4-2-3-15(11-16)19-13-28-21(25-19)14-7-9-23-10-8-14/h2-13H,1H3,(H,24,26). The summed E-state index contributed by atoms with van der Waals surface area (Å²) < 4.78 is 6.39. The van der Waals surface area contributed by atoms with Crippen LogP contribution < -0.4 is 10.1 Å². The molecule has 0 fully saturated rings. The zero-order valence-electron chi connectivity index (χ0n) is 15.5. The molecule has 2 aromatic carbocycles. The molecule has 5 nitrogen and oxygen atoms in total. The number of methoxy groups -OCH3 is 1. The van der Waals surface area contributed by atoms with Crippen molar-refractivity contribution in [1.82, 2.24) is 15.0 Å². The van der Waals surface area contributed by atoms with Gasteiger partial charge in [0.05, 0.1) is 23.0 Å². The molecule has 0 unspecified atom stereocenters. The molecule has 3 aromatic heterocycles. The number of nitrogens with zero attached hydrogens (tertiary/aromatic N) is 3. The van der Waals surface area contributed by atoms with Crippen molar-refractivity contribution in [2.75, 3.05) is 12.4 Å². The van der Waals surface area contributed by atoms with E-state index in [9.17, 15) is 0 Å². The van der Waals surface area contributed by atoms with Crippen LogP contribution in [0.1, 0.15) is 0 Å². The van der Waals surface area contributed by atoms with Crippen molar-refractivity contribution in [2.45, 2.75) is 0 Å². The van der Waals surface area contributed by atoms with Crippen LogP contribution in [0.4, 0.5) is 10.8 Å². The lowest BCUT2D eigenvalue weighted by molar-refractivity contribution is 0.415. The van der Waals surface area contributed by atoms with E-state index in [-0.39, 0.29) is 0 Å². The lowest BCUT2D eigenvalue weighted by Gasteiger charge is -2.04. The Morgan fingerprint density at radius 2 is 1.83 bits per heavy atom. The first kappa shape index (κ1) is 17.8. The van der Waals surface area contributed by atoms with Gasteiger partial charge >= 0.3 is 0 Å². The Labute approximate surface area is 175 Å². The molecule has 5 rings (SSSR count). The van der Waals surface area contributed by atoms with Crippen LogP contribution in [-0.2, 0) is 0 Å². The molecule has 0 aliphatic rings. The molecule has 142 valence electrons. The van der Waals surface area contributed by atoms with Crippen LogP contribution in [0.5, 0.6) is 5.75 Å². The molecule has 0 radical (unpaired) electrons. The van der Waals surface area contributed by atoms with E-state index in [0.29, 0.717) is 0 Å². The van der Waals surface area contributed by atoms with E-state index in [1.807, 2.05) is 42.5 Å². The van der Waals surface area contributed by atoms with E-state index >= 15 is 0 Å². The van der Waals surface area contributed by atoms with E-state index < -0.39 is 0 Å². The first-order chi connectivity index (χ1) is 14.3. The van der Waals surface area contributed by atoms with Gasteiger partial charge in [-0.15, -0.1) is 11.3 Å². The third-order valence-corrected chi connectivity index (χ3v) is 6.26. The van der Waals surface area contributed by atoms with Gasteiger partial charge < -0.3 is 10.1 Å². The van der Waals surface area contributed by atoms with Crippen LogP contribution in [0.25, 0.3) is 32.0 Å². The van der Waals surface area contributed by atoms with Gasteiger partial charge in [-0.25, -0.2) is 9.97 Å². The molecule has 0 saturated carbocycles. The summed E-state index contributed by atoms with van der Waals surface area (Å²) in [6, 6.07) is 18.1. The van der Waals surface area contributed by atoms with Crippen molar-refractivity contribution < 1.29 is 4.74 Å². The van der Waals surface area contributed by atoms with Crippen molar-refractivity contribution in [2.24, 2.45) is 0 Å². The third kappa shape index (κ3) is 3.70. The number of pyridine rings is 1. The summed E-state index contributed by atoms with van der Waals surface area (Å²) >= 11 is 3.24. The van der Waals surface area contributed by atoms with Crippen LogP contribution in [-0.4, -0.2) is 22.1 Å². The van der Waals surface area contributed by atoms with Gasteiger partial charge in [-0.2, -0.15) is 0 Å². The molecular weight excluding hydrogens is 400 g/mol. The van der Waals surface area contributed by atoms with Gasteiger partial charge in [0.2, 0.25) is 0 Å². The summed E-state index contributed by atoms with van der Waals surface area (Å²) in [7, 11) is 1.67. The molecular formula is C22H16N4OS2. The number of ether oxygens (including phenoxy) is 1. The molecule has 1 N–H and O–H groups in total. The molecule has 0 atom stereocenters. The molecule has 0 saturated heterocycles. The maximum absolute atomic E-state index is 5.30.